The fourth-order valence-corrected chi connectivity index (χ4v) is 2.99. The first-order valence-corrected chi connectivity index (χ1v) is 7.14. The van der Waals surface area contributed by atoms with Crippen molar-refractivity contribution in [2.45, 2.75) is 25.9 Å². The zero-order chi connectivity index (χ0) is 14.8. The molecule has 0 N–H and O–H groups in total. The molecule has 0 aromatic heterocycles. The van der Waals surface area contributed by atoms with Crippen LogP contribution in [0.5, 0.6) is 0 Å². The van der Waals surface area contributed by atoms with Gasteiger partial charge < -0.3 is 4.90 Å². The SMILES string of the molecule is CCCCN1C=C(C(=O)S)[N+](C)(C(=O)S)C1C(=O)S. The Kier molecular flexibility index (Phi) is 5.54. The Morgan fingerprint density at radius 2 is 1.89 bits per heavy atom. The van der Waals surface area contributed by atoms with Gasteiger partial charge in [0.2, 0.25) is 11.9 Å². The van der Waals surface area contributed by atoms with Gasteiger partial charge in [0.05, 0.1) is 13.2 Å². The first kappa shape index (κ1) is 16.6. The summed E-state index contributed by atoms with van der Waals surface area (Å²) in [5.41, 5.74) is 0.131. The summed E-state index contributed by atoms with van der Waals surface area (Å²) in [7, 11) is 1.47. The number of likely N-dealkylation sites (N-methyl/N-ethyl adjacent to an activating group) is 1. The third-order valence-corrected chi connectivity index (χ3v) is 4.07. The summed E-state index contributed by atoms with van der Waals surface area (Å²) in [4.78, 5) is 36.8. The maximum Gasteiger partial charge on any atom is 0.379 e. The number of unbranched alkanes of at least 4 members (excludes halogenated alkanes) is 1. The number of rotatable bonds is 5. The standard InChI is InChI=1S/C11H16N2O3S3/c1-3-4-5-12-6-7(9(14)17)13(2,11(16)19)8(12)10(15)18/h6,8H,3-5H2,1-2H3,(H2-,14,15,16,17,18,19)/p+1. The number of carbonyl (C=O) groups is 3. The first-order valence-electron chi connectivity index (χ1n) is 5.80. The van der Waals surface area contributed by atoms with Crippen LogP contribution in [0.2, 0.25) is 0 Å². The monoisotopic (exact) mass is 321 g/mol. The molecule has 0 spiro atoms. The van der Waals surface area contributed by atoms with Crippen molar-refractivity contribution < 1.29 is 18.9 Å². The molecule has 0 saturated carbocycles. The van der Waals surface area contributed by atoms with Crippen LogP contribution in [0.3, 0.4) is 0 Å². The molecule has 0 radical (unpaired) electrons. The van der Waals surface area contributed by atoms with Gasteiger partial charge >= 0.3 is 5.24 Å². The number of thiol groups is 3. The number of amides is 1. The summed E-state index contributed by atoms with van der Waals surface area (Å²) in [5, 5.41) is -1.63. The van der Waals surface area contributed by atoms with Gasteiger partial charge in [-0.2, -0.15) is 4.48 Å². The van der Waals surface area contributed by atoms with Crippen molar-refractivity contribution >= 4 is 53.4 Å². The molecule has 1 amide bonds. The van der Waals surface area contributed by atoms with Crippen molar-refractivity contribution in [3.8, 4) is 0 Å². The topological polar surface area (TPSA) is 54.5 Å². The average Bonchev–Trinajstić information content (AvgIpc) is 2.61. The third kappa shape index (κ3) is 3.01. The van der Waals surface area contributed by atoms with Crippen molar-refractivity contribution in [1.82, 2.24) is 4.90 Å². The Labute approximate surface area is 128 Å². The smallest absolute Gasteiger partial charge is 0.315 e. The van der Waals surface area contributed by atoms with Crippen LogP contribution in [0, 0.1) is 0 Å². The molecule has 1 rings (SSSR count). The van der Waals surface area contributed by atoms with E-state index in [9.17, 15) is 14.4 Å². The predicted octanol–water partition coefficient (Wildman–Crippen LogP) is 1.68. The lowest BCUT2D eigenvalue weighted by atomic mass is 10.3. The van der Waals surface area contributed by atoms with E-state index >= 15 is 0 Å². The molecule has 0 fully saturated rings. The molecule has 1 heterocycles. The van der Waals surface area contributed by atoms with Crippen LogP contribution >= 0.6 is 37.9 Å². The van der Waals surface area contributed by atoms with E-state index in [-0.39, 0.29) is 5.70 Å². The minimum Gasteiger partial charge on any atom is -0.315 e. The highest BCUT2D eigenvalue weighted by molar-refractivity contribution is 7.97. The Bertz CT molecular complexity index is 452. The van der Waals surface area contributed by atoms with Crippen molar-refractivity contribution in [1.29, 1.82) is 0 Å². The van der Waals surface area contributed by atoms with Crippen LogP contribution in [-0.2, 0) is 9.59 Å². The minimum atomic E-state index is -0.869. The summed E-state index contributed by atoms with van der Waals surface area (Å²) in [6, 6.07) is 0. The van der Waals surface area contributed by atoms with Gasteiger partial charge in [-0.25, -0.2) is 4.79 Å². The molecule has 0 aliphatic carbocycles. The molecule has 1 aliphatic heterocycles. The molecule has 8 heteroatoms. The summed E-state index contributed by atoms with van der Waals surface area (Å²) < 4.78 is -0.530. The van der Waals surface area contributed by atoms with Crippen molar-refractivity contribution in [3.63, 3.8) is 0 Å². The van der Waals surface area contributed by atoms with Crippen LogP contribution in [0.1, 0.15) is 19.8 Å². The van der Waals surface area contributed by atoms with E-state index in [1.807, 2.05) is 6.92 Å². The quantitative estimate of drug-likeness (QED) is 0.533. The normalized spacial score (nSPS) is 26.3. The highest BCUT2D eigenvalue weighted by atomic mass is 32.1. The third-order valence-electron chi connectivity index (χ3n) is 3.20. The molecule has 0 aromatic rings. The van der Waals surface area contributed by atoms with E-state index in [1.165, 1.54) is 13.2 Å². The zero-order valence-electron chi connectivity index (χ0n) is 10.7. The molecule has 0 aromatic carbocycles. The second kappa shape index (κ2) is 6.34. The molecule has 19 heavy (non-hydrogen) atoms. The lowest BCUT2D eigenvalue weighted by Crippen LogP contribution is -2.58. The van der Waals surface area contributed by atoms with Gasteiger partial charge in [-0.3, -0.25) is 9.59 Å². The molecule has 2 atom stereocenters. The number of nitrogens with zero attached hydrogens (tertiary/aromatic N) is 2. The number of hydrogen-bond acceptors (Lipinski definition) is 4. The Balaban J connectivity index is 3.26. The van der Waals surface area contributed by atoms with Crippen LogP contribution in [0.4, 0.5) is 4.79 Å². The molecule has 1 aliphatic rings. The van der Waals surface area contributed by atoms with Crippen LogP contribution in [-0.4, -0.2) is 44.6 Å². The summed E-state index contributed by atoms with van der Waals surface area (Å²) in [5.74, 6) is 0. The summed E-state index contributed by atoms with van der Waals surface area (Å²) in [6.45, 7) is 2.58. The van der Waals surface area contributed by atoms with E-state index in [0.29, 0.717) is 6.54 Å². The number of hydrogen-bond donors (Lipinski definition) is 3. The highest BCUT2D eigenvalue weighted by Crippen LogP contribution is 2.34. The highest BCUT2D eigenvalue weighted by Gasteiger charge is 2.55. The second-order valence-corrected chi connectivity index (χ2v) is 5.71. The van der Waals surface area contributed by atoms with Gasteiger partial charge in [0.15, 0.2) is 0 Å². The van der Waals surface area contributed by atoms with Crippen LogP contribution in [0.25, 0.3) is 0 Å². The number of carbonyl (C=O) groups excluding carboxylic acids is 3. The average molecular weight is 321 g/mol. The maximum atomic E-state index is 11.8. The Morgan fingerprint density at radius 1 is 1.32 bits per heavy atom. The maximum absolute atomic E-state index is 11.8. The summed E-state index contributed by atoms with van der Waals surface area (Å²) in [6.07, 6.45) is 2.41. The molecule has 0 saturated heterocycles. The van der Waals surface area contributed by atoms with Crippen LogP contribution < -0.4 is 0 Å². The van der Waals surface area contributed by atoms with E-state index < -0.39 is 26.1 Å². The predicted molar refractivity (Wildman–Crippen MR) is 82.0 cm³/mol. The minimum absolute atomic E-state index is 0.131. The zero-order valence-corrected chi connectivity index (χ0v) is 13.4. The molecular weight excluding hydrogens is 304 g/mol. The van der Waals surface area contributed by atoms with Crippen molar-refractivity contribution in [2.24, 2.45) is 0 Å². The Hall–Kier alpha value is -0.440. The lowest BCUT2D eigenvalue weighted by molar-refractivity contribution is -0.798. The van der Waals surface area contributed by atoms with Crippen LogP contribution in [0.15, 0.2) is 11.9 Å². The molecule has 2 unspecified atom stereocenters. The fourth-order valence-electron chi connectivity index (χ4n) is 2.13. The van der Waals surface area contributed by atoms with Gasteiger partial charge in [0.25, 0.3) is 10.2 Å². The first-order chi connectivity index (χ1) is 8.76. The Morgan fingerprint density at radius 3 is 2.26 bits per heavy atom. The van der Waals surface area contributed by atoms with E-state index in [2.05, 4.69) is 37.9 Å². The second-order valence-electron chi connectivity index (χ2n) is 4.48. The molecule has 0 bridgehead atoms. The van der Waals surface area contributed by atoms with E-state index in [0.717, 1.165) is 12.8 Å². The van der Waals surface area contributed by atoms with Gasteiger partial charge in [0, 0.05) is 6.54 Å². The lowest BCUT2D eigenvalue weighted by Gasteiger charge is -2.33. The summed E-state index contributed by atoms with van der Waals surface area (Å²) >= 11 is 11.4. The molecule has 106 valence electrons. The van der Waals surface area contributed by atoms with Gasteiger partial charge in [-0.1, -0.05) is 38.6 Å². The van der Waals surface area contributed by atoms with Crippen molar-refractivity contribution in [3.05, 3.63) is 11.9 Å². The van der Waals surface area contributed by atoms with E-state index in [4.69, 9.17) is 0 Å². The fraction of sp³-hybridized carbons (Fsp3) is 0.545. The van der Waals surface area contributed by atoms with Gasteiger partial charge in [0.1, 0.15) is 0 Å². The van der Waals surface area contributed by atoms with Crippen molar-refractivity contribution in [2.75, 3.05) is 13.6 Å². The van der Waals surface area contributed by atoms with Gasteiger partial charge in [-0.15, -0.1) is 0 Å². The van der Waals surface area contributed by atoms with E-state index in [1.54, 1.807) is 4.90 Å². The largest absolute Gasteiger partial charge is 0.379 e. The molecular formula is C11H17N2O3S3+. The van der Waals surface area contributed by atoms with Gasteiger partial charge in [-0.05, 0) is 19.0 Å². The molecule has 5 nitrogen and oxygen atoms in total. The number of quaternary nitrogens is 1.